The van der Waals surface area contributed by atoms with Gasteiger partial charge < -0.3 is 5.32 Å². The molecule has 2 aliphatic heterocycles. The summed E-state index contributed by atoms with van der Waals surface area (Å²) in [6.07, 6.45) is 1.77. The third-order valence-electron chi connectivity index (χ3n) is 3.17. The second-order valence-corrected chi connectivity index (χ2v) is 6.76. The summed E-state index contributed by atoms with van der Waals surface area (Å²) < 4.78 is 36.8. The monoisotopic (exact) mass is 236 g/mol. The van der Waals surface area contributed by atoms with Crippen LogP contribution in [0.25, 0.3) is 0 Å². The maximum atomic E-state index is 13.9. The van der Waals surface area contributed by atoms with Gasteiger partial charge in [-0.05, 0) is 25.8 Å². The largest absolute Gasteiger partial charge is 0.313 e. The van der Waals surface area contributed by atoms with E-state index in [9.17, 15) is 12.8 Å². The van der Waals surface area contributed by atoms with Crippen molar-refractivity contribution in [3.05, 3.63) is 0 Å². The number of sulfone groups is 1. The van der Waals surface area contributed by atoms with Gasteiger partial charge >= 0.3 is 0 Å². The van der Waals surface area contributed by atoms with Gasteiger partial charge in [0, 0.05) is 13.1 Å². The lowest BCUT2D eigenvalue weighted by Gasteiger charge is -2.21. The van der Waals surface area contributed by atoms with Gasteiger partial charge in [-0.2, -0.15) is 0 Å². The summed E-state index contributed by atoms with van der Waals surface area (Å²) in [5.74, 6) is 0.238. The molecule has 0 aliphatic carbocycles. The fourth-order valence-electron chi connectivity index (χ4n) is 2.18. The first-order valence-electron chi connectivity index (χ1n) is 5.36. The van der Waals surface area contributed by atoms with Crippen LogP contribution in [-0.4, -0.2) is 44.8 Å². The number of alkyl halides is 1. The normalized spacial score (nSPS) is 39.7. The van der Waals surface area contributed by atoms with E-state index in [4.69, 9.17) is 0 Å². The first-order chi connectivity index (χ1) is 7.02. The van der Waals surface area contributed by atoms with Crippen LogP contribution < -0.4 is 10.6 Å². The molecule has 0 aromatic carbocycles. The van der Waals surface area contributed by atoms with Gasteiger partial charge in [-0.25, -0.2) is 12.8 Å². The Morgan fingerprint density at radius 2 is 2.33 bits per heavy atom. The third kappa shape index (κ3) is 2.49. The van der Waals surface area contributed by atoms with Gasteiger partial charge in [-0.15, -0.1) is 0 Å². The Balaban J connectivity index is 1.88. The van der Waals surface area contributed by atoms with Crippen LogP contribution in [0.1, 0.15) is 19.3 Å². The van der Waals surface area contributed by atoms with Crippen LogP contribution >= 0.6 is 0 Å². The standard InChI is InChI=1S/C9H17FN2O2S/c10-9(3-4-11-6-9)7-12-8-2-1-5-15(8,13)14/h8,11-12H,1-7H2. The Morgan fingerprint density at radius 1 is 1.53 bits per heavy atom. The smallest absolute Gasteiger partial charge is 0.166 e. The molecule has 15 heavy (non-hydrogen) atoms. The van der Waals surface area contributed by atoms with Crippen LogP contribution in [0.2, 0.25) is 0 Å². The molecule has 2 aliphatic rings. The molecule has 0 aromatic heterocycles. The van der Waals surface area contributed by atoms with Gasteiger partial charge in [0.1, 0.15) is 11.0 Å². The average molecular weight is 236 g/mol. The van der Waals surface area contributed by atoms with E-state index in [2.05, 4.69) is 10.6 Å². The molecule has 0 bridgehead atoms. The number of rotatable bonds is 3. The van der Waals surface area contributed by atoms with Crippen molar-refractivity contribution in [1.82, 2.24) is 10.6 Å². The molecular weight excluding hydrogens is 219 g/mol. The Kier molecular flexibility index (Phi) is 3.00. The molecule has 0 saturated carbocycles. The number of halogens is 1. The second kappa shape index (κ2) is 3.99. The Labute approximate surface area is 89.5 Å². The van der Waals surface area contributed by atoms with Crippen LogP contribution in [0.5, 0.6) is 0 Å². The highest BCUT2D eigenvalue weighted by atomic mass is 32.2. The van der Waals surface area contributed by atoms with Gasteiger partial charge in [0.2, 0.25) is 0 Å². The minimum absolute atomic E-state index is 0.143. The molecule has 0 amide bonds. The van der Waals surface area contributed by atoms with Crippen LogP contribution in [0, 0.1) is 0 Å². The molecule has 2 unspecified atom stereocenters. The molecule has 2 atom stereocenters. The predicted octanol–water partition coefficient (Wildman–Crippen LogP) is -0.188. The van der Waals surface area contributed by atoms with Gasteiger partial charge in [0.15, 0.2) is 9.84 Å². The van der Waals surface area contributed by atoms with Crippen LogP contribution in [-0.2, 0) is 9.84 Å². The first kappa shape index (κ1) is 11.3. The number of nitrogens with one attached hydrogen (secondary N) is 2. The van der Waals surface area contributed by atoms with Crippen molar-refractivity contribution in [2.24, 2.45) is 0 Å². The first-order valence-corrected chi connectivity index (χ1v) is 7.08. The summed E-state index contributed by atoms with van der Waals surface area (Å²) in [5, 5.41) is 5.27. The summed E-state index contributed by atoms with van der Waals surface area (Å²) in [4.78, 5) is 0. The lowest BCUT2D eigenvalue weighted by molar-refractivity contribution is 0.183. The molecule has 4 nitrogen and oxygen atoms in total. The molecule has 2 fully saturated rings. The van der Waals surface area contributed by atoms with E-state index in [0.29, 0.717) is 32.4 Å². The van der Waals surface area contributed by atoms with Gasteiger partial charge in [-0.1, -0.05) is 0 Å². The molecule has 2 heterocycles. The third-order valence-corrected chi connectivity index (χ3v) is 5.29. The Bertz CT molecular complexity index is 325. The molecule has 2 rings (SSSR count). The van der Waals surface area contributed by atoms with Crippen molar-refractivity contribution < 1.29 is 12.8 Å². The zero-order valence-corrected chi connectivity index (χ0v) is 9.45. The Morgan fingerprint density at radius 3 is 2.87 bits per heavy atom. The van der Waals surface area contributed by atoms with Gasteiger partial charge in [0.25, 0.3) is 0 Å². The molecular formula is C9H17FN2O2S. The molecule has 88 valence electrons. The minimum Gasteiger partial charge on any atom is -0.313 e. The van der Waals surface area contributed by atoms with Crippen molar-refractivity contribution in [3.8, 4) is 0 Å². The zero-order valence-electron chi connectivity index (χ0n) is 8.63. The summed E-state index contributed by atoms with van der Waals surface area (Å²) >= 11 is 0. The highest BCUT2D eigenvalue weighted by molar-refractivity contribution is 7.92. The van der Waals surface area contributed by atoms with Crippen molar-refractivity contribution in [3.63, 3.8) is 0 Å². The molecule has 2 saturated heterocycles. The molecule has 6 heteroatoms. The van der Waals surface area contributed by atoms with Gasteiger partial charge in [0.05, 0.1) is 5.75 Å². The van der Waals surface area contributed by atoms with Gasteiger partial charge in [-0.3, -0.25) is 5.32 Å². The van der Waals surface area contributed by atoms with E-state index in [1.807, 2.05) is 0 Å². The van der Waals surface area contributed by atoms with Crippen molar-refractivity contribution in [2.75, 3.05) is 25.4 Å². The zero-order chi connectivity index (χ0) is 10.9. The van der Waals surface area contributed by atoms with Crippen LogP contribution in [0.15, 0.2) is 0 Å². The highest BCUT2D eigenvalue weighted by Gasteiger charge is 2.37. The van der Waals surface area contributed by atoms with Crippen molar-refractivity contribution in [1.29, 1.82) is 0 Å². The fraction of sp³-hybridized carbons (Fsp3) is 1.00. The summed E-state index contributed by atoms with van der Waals surface area (Å²) in [6.45, 7) is 1.15. The van der Waals surface area contributed by atoms with E-state index >= 15 is 0 Å². The minimum atomic E-state index is -3.00. The molecule has 2 N–H and O–H groups in total. The lowest BCUT2D eigenvalue weighted by atomic mass is 10.1. The van der Waals surface area contributed by atoms with E-state index < -0.39 is 20.9 Å². The van der Waals surface area contributed by atoms with Crippen molar-refractivity contribution in [2.45, 2.75) is 30.3 Å². The summed E-state index contributed by atoms with van der Waals surface area (Å²) in [5.41, 5.74) is -1.27. The number of hydrogen-bond acceptors (Lipinski definition) is 4. The van der Waals surface area contributed by atoms with E-state index in [1.165, 1.54) is 0 Å². The average Bonchev–Trinajstić information content (AvgIpc) is 2.70. The van der Waals surface area contributed by atoms with E-state index in [-0.39, 0.29) is 12.3 Å². The highest BCUT2D eigenvalue weighted by Crippen LogP contribution is 2.22. The molecule has 0 spiro atoms. The number of hydrogen-bond donors (Lipinski definition) is 2. The Hall–Kier alpha value is -0.200. The maximum Gasteiger partial charge on any atom is 0.166 e. The van der Waals surface area contributed by atoms with E-state index in [1.54, 1.807) is 0 Å². The quantitative estimate of drug-likeness (QED) is 0.713. The topological polar surface area (TPSA) is 58.2 Å². The van der Waals surface area contributed by atoms with Crippen LogP contribution in [0.3, 0.4) is 0 Å². The lowest BCUT2D eigenvalue weighted by Crippen LogP contribution is -2.44. The summed E-state index contributed by atoms with van der Waals surface area (Å²) in [7, 11) is -3.00. The molecule has 0 aromatic rings. The van der Waals surface area contributed by atoms with E-state index in [0.717, 1.165) is 0 Å². The SMILES string of the molecule is O=S1(=O)CCCC1NCC1(F)CCNC1. The summed E-state index contributed by atoms with van der Waals surface area (Å²) in [6, 6.07) is 0. The predicted molar refractivity (Wildman–Crippen MR) is 56.1 cm³/mol. The fourth-order valence-corrected chi connectivity index (χ4v) is 3.90. The second-order valence-electron chi connectivity index (χ2n) is 4.46. The molecule has 0 radical (unpaired) electrons. The van der Waals surface area contributed by atoms with Crippen molar-refractivity contribution >= 4 is 9.84 Å². The van der Waals surface area contributed by atoms with Crippen LogP contribution in [0.4, 0.5) is 4.39 Å². The maximum absolute atomic E-state index is 13.9.